The van der Waals surface area contributed by atoms with E-state index in [2.05, 4.69) is 12.2 Å². The van der Waals surface area contributed by atoms with Gasteiger partial charge in [-0.05, 0) is 26.2 Å². The van der Waals surface area contributed by atoms with Crippen molar-refractivity contribution in [1.82, 2.24) is 5.32 Å². The van der Waals surface area contributed by atoms with Gasteiger partial charge in [-0.25, -0.2) is 0 Å². The standard InChI is InChI=1S/C13H23NO3/c1-3-4-5-7-10(2)14-11(15)13(12(16)17)8-6-9-13/h10H,3-9H2,1-2H3,(H,14,15)(H,16,17). The Hall–Kier alpha value is -1.06. The number of amides is 1. The SMILES string of the molecule is CCCCCC(C)NC(=O)C1(C(=O)O)CCC1. The fourth-order valence-corrected chi connectivity index (χ4v) is 2.20. The monoisotopic (exact) mass is 241 g/mol. The summed E-state index contributed by atoms with van der Waals surface area (Å²) in [5, 5.41) is 12.0. The molecule has 2 N–H and O–H groups in total. The summed E-state index contributed by atoms with van der Waals surface area (Å²) in [4.78, 5) is 23.1. The molecule has 1 unspecified atom stereocenters. The van der Waals surface area contributed by atoms with Gasteiger partial charge in [-0.3, -0.25) is 9.59 Å². The highest BCUT2D eigenvalue weighted by Crippen LogP contribution is 2.41. The van der Waals surface area contributed by atoms with Crippen molar-refractivity contribution >= 4 is 11.9 Å². The molecule has 0 bridgehead atoms. The second-order valence-corrected chi connectivity index (χ2v) is 5.11. The van der Waals surface area contributed by atoms with E-state index in [1.807, 2.05) is 6.92 Å². The molecule has 0 aromatic heterocycles. The molecule has 4 heteroatoms. The third kappa shape index (κ3) is 3.20. The molecule has 1 saturated carbocycles. The molecule has 1 rings (SSSR count). The number of rotatable bonds is 7. The molecule has 0 spiro atoms. The van der Waals surface area contributed by atoms with Crippen LogP contribution in [0.3, 0.4) is 0 Å². The van der Waals surface area contributed by atoms with E-state index in [0.29, 0.717) is 12.8 Å². The molecular formula is C13H23NO3. The van der Waals surface area contributed by atoms with Crippen LogP contribution in [0.1, 0.15) is 58.8 Å². The largest absolute Gasteiger partial charge is 0.480 e. The highest BCUT2D eigenvalue weighted by Gasteiger charge is 2.51. The predicted octanol–water partition coefficient (Wildman–Crippen LogP) is 2.33. The van der Waals surface area contributed by atoms with Crippen molar-refractivity contribution in [3.8, 4) is 0 Å². The van der Waals surface area contributed by atoms with E-state index in [1.165, 1.54) is 0 Å². The lowest BCUT2D eigenvalue weighted by molar-refractivity contribution is -0.162. The first-order valence-electron chi connectivity index (χ1n) is 6.57. The molecule has 17 heavy (non-hydrogen) atoms. The molecule has 4 nitrogen and oxygen atoms in total. The molecule has 1 aliphatic rings. The van der Waals surface area contributed by atoms with Crippen molar-refractivity contribution in [3.63, 3.8) is 0 Å². The van der Waals surface area contributed by atoms with Crippen LogP contribution in [0.25, 0.3) is 0 Å². The minimum atomic E-state index is -1.13. The van der Waals surface area contributed by atoms with Crippen LogP contribution in [0, 0.1) is 5.41 Å². The Kier molecular flexibility index (Phi) is 4.97. The summed E-state index contributed by atoms with van der Waals surface area (Å²) in [5.74, 6) is -1.26. The number of carbonyl (C=O) groups excluding carboxylic acids is 1. The molecule has 1 atom stereocenters. The summed E-state index contributed by atoms with van der Waals surface area (Å²) in [6.45, 7) is 4.08. The number of carboxylic acid groups (broad SMARTS) is 1. The van der Waals surface area contributed by atoms with Gasteiger partial charge in [-0.1, -0.05) is 32.6 Å². The van der Waals surface area contributed by atoms with E-state index in [4.69, 9.17) is 5.11 Å². The molecule has 1 aliphatic carbocycles. The zero-order chi connectivity index (χ0) is 12.9. The fraction of sp³-hybridized carbons (Fsp3) is 0.846. The fourth-order valence-electron chi connectivity index (χ4n) is 2.20. The van der Waals surface area contributed by atoms with Crippen molar-refractivity contribution < 1.29 is 14.7 Å². The lowest BCUT2D eigenvalue weighted by Crippen LogP contribution is -2.53. The second kappa shape index (κ2) is 6.03. The van der Waals surface area contributed by atoms with E-state index in [9.17, 15) is 9.59 Å². The summed E-state index contributed by atoms with van der Waals surface area (Å²) in [5.41, 5.74) is -1.13. The molecule has 98 valence electrons. The van der Waals surface area contributed by atoms with Gasteiger partial charge in [-0.2, -0.15) is 0 Å². The van der Waals surface area contributed by atoms with E-state index in [1.54, 1.807) is 0 Å². The van der Waals surface area contributed by atoms with Crippen LogP contribution in [0.5, 0.6) is 0 Å². The maximum atomic E-state index is 11.9. The molecule has 0 aromatic carbocycles. The van der Waals surface area contributed by atoms with E-state index in [-0.39, 0.29) is 11.9 Å². The third-order valence-electron chi connectivity index (χ3n) is 3.67. The van der Waals surface area contributed by atoms with E-state index < -0.39 is 11.4 Å². The summed E-state index contributed by atoms with van der Waals surface area (Å²) >= 11 is 0. The Balaban J connectivity index is 2.40. The van der Waals surface area contributed by atoms with Gasteiger partial charge in [0.05, 0.1) is 0 Å². The number of nitrogens with one attached hydrogen (secondary N) is 1. The Morgan fingerprint density at radius 1 is 1.35 bits per heavy atom. The molecule has 1 amide bonds. The molecule has 0 heterocycles. The second-order valence-electron chi connectivity index (χ2n) is 5.11. The lowest BCUT2D eigenvalue weighted by Gasteiger charge is -2.36. The molecule has 0 aliphatic heterocycles. The zero-order valence-corrected chi connectivity index (χ0v) is 10.8. The molecule has 1 fully saturated rings. The number of carboxylic acids is 1. The van der Waals surface area contributed by atoms with Crippen LogP contribution in [0.2, 0.25) is 0 Å². The minimum absolute atomic E-state index is 0.0749. The summed E-state index contributed by atoms with van der Waals surface area (Å²) in [7, 11) is 0. The van der Waals surface area contributed by atoms with Crippen LogP contribution >= 0.6 is 0 Å². The van der Waals surface area contributed by atoms with Crippen LogP contribution in [-0.2, 0) is 9.59 Å². The number of hydrogen-bond donors (Lipinski definition) is 2. The zero-order valence-electron chi connectivity index (χ0n) is 10.8. The van der Waals surface area contributed by atoms with Crippen LogP contribution in [-0.4, -0.2) is 23.0 Å². The van der Waals surface area contributed by atoms with E-state index in [0.717, 1.165) is 32.1 Å². The Bertz CT molecular complexity index is 284. The average molecular weight is 241 g/mol. The van der Waals surface area contributed by atoms with Gasteiger partial charge in [0.2, 0.25) is 5.91 Å². The van der Waals surface area contributed by atoms with Gasteiger partial charge in [0.25, 0.3) is 0 Å². The molecule has 0 saturated heterocycles. The number of aliphatic carboxylic acids is 1. The van der Waals surface area contributed by atoms with Gasteiger partial charge < -0.3 is 10.4 Å². The molecular weight excluding hydrogens is 218 g/mol. The van der Waals surface area contributed by atoms with Crippen molar-refractivity contribution in [2.45, 2.75) is 64.8 Å². The van der Waals surface area contributed by atoms with E-state index >= 15 is 0 Å². The van der Waals surface area contributed by atoms with Gasteiger partial charge in [0.1, 0.15) is 5.41 Å². The Morgan fingerprint density at radius 2 is 2.00 bits per heavy atom. The lowest BCUT2D eigenvalue weighted by atomic mass is 9.68. The Labute approximate surface area is 103 Å². The summed E-state index contributed by atoms with van der Waals surface area (Å²) in [6, 6.07) is 0.0749. The van der Waals surface area contributed by atoms with Gasteiger partial charge >= 0.3 is 5.97 Å². The minimum Gasteiger partial charge on any atom is -0.480 e. The smallest absolute Gasteiger partial charge is 0.319 e. The van der Waals surface area contributed by atoms with Crippen molar-refractivity contribution in [1.29, 1.82) is 0 Å². The first kappa shape index (κ1) is 14.0. The van der Waals surface area contributed by atoms with Gasteiger partial charge in [0.15, 0.2) is 0 Å². The van der Waals surface area contributed by atoms with Gasteiger partial charge in [-0.15, -0.1) is 0 Å². The van der Waals surface area contributed by atoms with Crippen molar-refractivity contribution in [2.24, 2.45) is 5.41 Å². The Morgan fingerprint density at radius 3 is 2.41 bits per heavy atom. The number of hydrogen-bond acceptors (Lipinski definition) is 2. The van der Waals surface area contributed by atoms with Gasteiger partial charge in [0, 0.05) is 6.04 Å². The first-order valence-corrected chi connectivity index (χ1v) is 6.57. The highest BCUT2D eigenvalue weighted by atomic mass is 16.4. The summed E-state index contributed by atoms with van der Waals surface area (Å²) < 4.78 is 0. The normalized spacial score (nSPS) is 19.2. The quantitative estimate of drug-likeness (QED) is 0.531. The average Bonchev–Trinajstić information content (AvgIpc) is 2.15. The molecule has 0 aromatic rings. The topological polar surface area (TPSA) is 66.4 Å². The van der Waals surface area contributed by atoms with Crippen LogP contribution < -0.4 is 5.32 Å². The first-order chi connectivity index (χ1) is 8.03. The number of unbranched alkanes of at least 4 members (excludes halogenated alkanes) is 2. The van der Waals surface area contributed by atoms with Crippen LogP contribution in [0.4, 0.5) is 0 Å². The summed E-state index contributed by atoms with van der Waals surface area (Å²) in [6.07, 6.45) is 6.12. The van der Waals surface area contributed by atoms with Crippen molar-refractivity contribution in [2.75, 3.05) is 0 Å². The number of carbonyl (C=O) groups is 2. The predicted molar refractivity (Wildman–Crippen MR) is 65.7 cm³/mol. The highest BCUT2D eigenvalue weighted by molar-refractivity contribution is 6.02. The maximum Gasteiger partial charge on any atom is 0.319 e. The molecule has 0 radical (unpaired) electrons. The third-order valence-corrected chi connectivity index (χ3v) is 3.67. The van der Waals surface area contributed by atoms with Crippen molar-refractivity contribution in [3.05, 3.63) is 0 Å². The maximum absolute atomic E-state index is 11.9. The van der Waals surface area contributed by atoms with Crippen LogP contribution in [0.15, 0.2) is 0 Å².